The Kier molecular flexibility index (Phi) is 7.80. The topological polar surface area (TPSA) is 132 Å². The first-order valence-corrected chi connectivity index (χ1v) is 11.8. The Morgan fingerprint density at radius 1 is 1.03 bits per heavy atom. The van der Waals surface area contributed by atoms with Gasteiger partial charge in [0.05, 0.1) is 23.3 Å². The van der Waals surface area contributed by atoms with E-state index in [0.29, 0.717) is 10.0 Å². The summed E-state index contributed by atoms with van der Waals surface area (Å²) in [7, 11) is 1.34. The highest BCUT2D eigenvalue weighted by Gasteiger charge is 2.19. The Balaban J connectivity index is 1.66. The van der Waals surface area contributed by atoms with Crippen molar-refractivity contribution in [3.8, 4) is 17.6 Å². The SMILES string of the molecule is COc1ccc([N+](=O)[O-])cc1NC(=O)/C(C#N)=C/c1cc(Br)ccc1OC(=O)c1cccc2ccccc12. The van der Waals surface area contributed by atoms with Gasteiger partial charge in [0.2, 0.25) is 0 Å². The minimum absolute atomic E-state index is 0.0182. The van der Waals surface area contributed by atoms with Gasteiger partial charge in [0.1, 0.15) is 23.1 Å². The number of ether oxygens (including phenoxy) is 2. The minimum atomic E-state index is -0.836. The molecule has 0 saturated carbocycles. The van der Waals surface area contributed by atoms with E-state index in [-0.39, 0.29) is 34.0 Å². The summed E-state index contributed by atoms with van der Waals surface area (Å²) in [5.74, 6) is -1.14. The van der Waals surface area contributed by atoms with E-state index in [0.717, 1.165) is 16.8 Å². The molecule has 0 radical (unpaired) electrons. The minimum Gasteiger partial charge on any atom is -0.495 e. The number of methoxy groups -OCH3 is 1. The number of anilines is 1. The lowest BCUT2D eigenvalue weighted by molar-refractivity contribution is -0.384. The van der Waals surface area contributed by atoms with Crippen LogP contribution in [-0.2, 0) is 4.79 Å². The van der Waals surface area contributed by atoms with Gasteiger partial charge in [-0.15, -0.1) is 0 Å². The predicted octanol–water partition coefficient (Wildman–Crippen LogP) is 6.28. The van der Waals surface area contributed by atoms with Crippen molar-refractivity contribution in [2.45, 2.75) is 0 Å². The Labute approximate surface area is 225 Å². The fraction of sp³-hybridized carbons (Fsp3) is 0.0357. The molecule has 0 saturated heterocycles. The molecule has 0 aliphatic rings. The van der Waals surface area contributed by atoms with E-state index < -0.39 is 16.8 Å². The van der Waals surface area contributed by atoms with Crippen molar-refractivity contribution >= 4 is 56.0 Å². The Morgan fingerprint density at radius 2 is 1.76 bits per heavy atom. The highest BCUT2D eigenvalue weighted by atomic mass is 79.9. The lowest BCUT2D eigenvalue weighted by Gasteiger charge is -2.11. The van der Waals surface area contributed by atoms with E-state index in [1.807, 2.05) is 36.4 Å². The van der Waals surface area contributed by atoms with E-state index >= 15 is 0 Å². The van der Waals surface area contributed by atoms with Crippen LogP contribution in [-0.4, -0.2) is 23.9 Å². The molecule has 1 N–H and O–H groups in total. The number of hydrogen-bond acceptors (Lipinski definition) is 7. The molecule has 4 aromatic rings. The van der Waals surface area contributed by atoms with E-state index in [9.17, 15) is 25.0 Å². The van der Waals surface area contributed by atoms with Gasteiger partial charge in [-0.05, 0) is 47.2 Å². The zero-order valence-electron chi connectivity index (χ0n) is 19.8. The number of halogens is 1. The number of nitrogens with one attached hydrogen (secondary N) is 1. The lowest BCUT2D eigenvalue weighted by Crippen LogP contribution is -2.14. The van der Waals surface area contributed by atoms with Crippen LogP contribution in [0, 0.1) is 21.4 Å². The molecule has 0 bridgehead atoms. The maximum atomic E-state index is 13.1. The molecule has 188 valence electrons. The number of esters is 1. The third-order valence-electron chi connectivity index (χ3n) is 5.49. The molecule has 0 atom stereocenters. The van der Waals surface area contributed by atoms with Gasteiger partial charge in [-0.1, -0.05) is 52.3 Å². The number of non-ortho nitro benzene ring substituents is 1. The predicted molar refractivity (Wildman–Crippen MR) is 145 cm³/mol. The van der Waals surface area contributed by atoms with Crippen molar-refractivity contribution in [1.29, 1.82) is 5.26 Å². The van der Waals surface area contributed by atoms with Crippen molar-refractivity contribution in [2.75, 3.05) is 12.4 Å². The van der Waals surface area contributed by atoms with Crippen LogP contribution >= 0.6 is 15.9 Å². The largest absolute Gasteiger partial charge is 0.495 e. The summed E-state index contributed by atoms with van der Waals surface area (Å²) in [5, 5.41) is 24.9. The molecule has 0 aliphatic carbocycles. The van der Waals surface area contributed by atoms with Crippen LogP contribution < -0.4 is 14.8 Å². The van der Waals surface area contributed by atoms with Gasteiger partial charge in [0, 0.05) is 22.2 Å². The Bertz CT molecular complexity index is 1650. The number of nitro groups is 1. The monoisotopic (exact) mass is 571 g/mol. The van der Waals surface area contributed by atoms with E-state index in [1.165, 1.54) is 31.4 Å². The van der Waals surface area contributed by atoms with Crippen LogP contribution in [0.3, 0.4) is 0 Å². The fourth-order valence-corrected chi connectivity index (χ4v) is 4.06. The molecule has 0 fully saturated rings. The third kappa shape index (κ3) is 5.69. The van der Waals surface area contributed by atoms with Crippen molar-refractivity contribution < 1.29 is 24.0 Å². The standard InChI is InChI=1S/C28H18BrN3O6/c1-37-26-12-10-21(32(35)36)15-24(26)31-27(33)19(16-30)13-18-14-20(29)9-11-25(18)38-28(34)23-8-4-6-17-5-2-3-7-22(17)23/h2-15H,1H3,(H,31,33)/b19-13+. The average Bonchev–Trinajstić information content (AvgIpc) is 2.92. The van der Waals surface area contributed by atoms with Gasteiger partial charge < -0.3 is 14.8 Å². The number of fused-ring (bicyclic) bond motifs is 1. The van der Waals surface area contributed by atoms with Gasteiger partial charge in [0.25, 0.3) is 11.6 Å². The molecular formula is C28H18BrN3O6. The summed E-state index contributed by atoms with van der Waals surface area (Å²) < 4.78 is 11.5. The van der Waals surface area contributed by atoms with Gasteiger partial charge in [-0.2, -0.15) is 5.26 Å². The fourth-order valence-electron chi connectivity index (χ4n) is 3.68. The van der Waals surface area contributed by atoms with Crippen molar-refractivity contribution in [1.82, 2.24) is 0 Å². The number of nitro benzene ring substituents is 1. The zero-order chi connectivity index (χ0) is 27.2. The van der Waals surface area contributed by atoms with E-state index in [2.05, 4.69) is 21.2 Å². The Hall–Kier alpha value is -5.01. The lowest BCUT2D eigenvalue weighted by atomic mass is 10.0. The number of rotatable bonds is 7. The molecule has 1 amide bonds. The summed E-state index contributed by atoms with van der Waals surface area (Å²) in [5.41, 5.74) is 0.0599. The Morgan fingerprint density at radius 3 is 2.50 bits per heavy atom. The first-order chi connectivity index (χ1) is 18.3. The summed E-state index contributed by atoms with van der Waals surface area (Å²) in [6.07, 6.45) is 1.26. The average molecular weight is 572 g/mol. The van der Waals surface area contributed by atoms with Crippen LogP contribution in [0.2, 0.25) is 0 Å². The molecular weight excluding hydrogens is 554 g/mol. The highest BCUT2D eigenvalue weighted by Crippen LogP contribution is 2.31. The molecule has 0 unspecified atom stereocenters. The summed E-state index contributed by atoms with van der Waals surface area (Å²) in [6, 6.07) is 23.0. The van der Waals surface area contributed by atoms with Gasteiger partial charge in [-0.25, -0.2) is 4.79 Å². The number of amides is 1. The van der Waals surface area contributed by atoms with Crippen LogP contribution in [0.15, 0.2) is 88.9 Å². The normalized spacial score (nSPS) is 10.9. The van der Waals surface area contributed by atoms with Gasteiger partial charge in [-0.3, -0.25) is 14.9 Å². The van der Waals surface area contributed by atoms with Gasteiger partial charge >= 0.3 is 5.97 Å². The summed E-state index contributed by atoms with van der Waals surface area (Å²) in [6.45, 7) is 0. The number of carbonyl (C=O) groups excluding carboxylic acids is 2. The summed E-state index contributed by atoms with van der Waals surface area (Å²) >= 11 is 3.35. The van der Waals surface area contributed by atoms with Crippen molar-refractivity contribution in [3.63, 3.8) is 0 Å². The van der Waals surface area contributed by atoms with Crippen LogP contribution in [0.25, 0.3) is 16.8 Å². The molecule has 38 heavy (non-hydrogen) atoms. The molecule has 9 nitrogen and oxygen atoms in total. The first-order valence-electron chi connectivity index (χ1n) is 11.1. The third-order valence-corrected chi connectivity index (χ3v) is 5.98. The number of benzene rings is 4. The maximum absolute atomic E-state index is 13.1. The zero-order valence-corrected chi connectivity index (χ0v) is 21.4. The van der Waals surface area contributed by atoms with Crippen molar-refractivity contribution in [3.05, 3.63) is 110 Å². The number of nitriles is 1. The molecule has 4 rings (SSSR count). The molecule has 0 spiro atoms. The van der Waals surface area contributed by atoms with Crippen LogP contribution in [0.1, 0.15) is 15.9 Å². The number of nitrogens with zero attached hydrogens (tertiary/aromatic N) is 2. The van der Waals surface area contributed by atoms with Crippen LogP contribution in [0.5, 0.6) is 11.5 Å². The van der Waals surface area contributed by atoms with E-state index in [4.69, 9.17) is 9.47 Å². The quantitative estimate of drug-likeness (QED) is 0.0688. The smallest absolute Gasteiger partial charge is 0.344 e. The molecule has 4 aromatic carbocycles. The summed E-state index contributed by atoms with van der Waals surface area (Å²) in [4.78, 5) is 36.5. The molecule has 0 aliphatic heterocycles. The second kappa shape index (κ2) is 11.4. The molecule has 10 heteroatoms. The maximum Gasteiger partial charge on any atom is 0.344 e. The van der Waals surface area contributed by atoms with Crippen molar-refractivity contribution in [2.24, 2.45) is 0 Å². The van der Waals surface area contributed by atoms with Crippen LogP contribution in [0.4, 0.5) is 11.4 Å². The molecule has 0 heterocycles. The van der Waals surface area contributed by atoms with E-state index in [1.54, 1.807) is 24.3 Å². The first kappa shape index (κ1) is 26.1. The highest BCUT2D eigenvalue weighted by molar-refractivity contribution is 9.10. The molecule has 0 aromatic heterocycles. The second-order valence-corrected chi connectivity index (χ2v) is 8.78. The number of carbonyl (C=O) groups is 2. The number of hydrogen-bond donors (Lipinski definition) is 1. The van der Waals surface area contributed by atoms with Gasteiger partial charge in [0.15, 0.2) is 0 Å². The second-order valence-electron chi connectivity index (χ2n) is 7.86.